The number of nitriles is 1. The van der Waals surface area contributed by atoms with Crippen LogP contribution in [0.25, 0.3) is 11.0 Å². The number of aromatic nitrogens is 2. The van der Waals surface area contributed by atoms with Gasteiger partial charge in [0.2, 0.25) is 5.88 Å². The number of hydrogen-bond acceptors (Lipinski definition) is 9. The van der Waals surface area contributed by atoms with Gasteiger partial charge in [0.05, 0.1) is 41.0 Å². The molecule has 3 aliphatic rings. The molecule has 2 aliphatic heterocycles. The molecule has 1 N–H and O–H groups in total. The van der Waals surface area contributed by atoms with Crippen molar-refractivity contribution in [3.63, 3.8) is 0 Å². The Labute approximate surface area is 229 Å². The largest absolute Gasteiger partial charge is 0.478 e. The highest BCUT2D eigenvalue weighted by Crippen LogP contribution is 2.46. The molecule has 2 bridgehead atoms. The van der Waals surface area contributed by atoms with Crippen molar-refractivity contribution < 1.29 is 28.6 Å². The van der Waals surface area contributed by atoms with E-state index in [9.17, 15) is 10.1 Å². The van der Waals surface area contributed by atoms with Crippen molar-refractivity contribution >= 4 is 23.3 Å². The number of aryl methyl sites for hydroxylation is 1. The summed E-state index contributed by atoms with van der Waals surface area (Å²) in [6.45, 7) is 8.85. The third kappa shape index (κ3) is 7.98. The first kappa shape index (κ1) is 30.0. The van der Waals surface area contributed by atoms with Crippen molar-refractivity contribution in [3.05, 3.63) is 29.5 Å². The third-order valence-electron chi connectivity index (χ3n) is 7.28. The number of hydrogen-bond donors (Lipinski definition) is 1. The number of amides is 1. The molecule has 0 spiro atoms. The fourth-order valence-corrected chi connectivity index (χ4v) is 5.18. The van der Waals surface area contributed by atoms with Crippen LogP contribution in [0.5, 0.6) is 5.88 Å². The number of pyridine rings is 2. The van der Waals surface area contributed by atoms with E-state index in [2.05, 4.69) is 23.3 Å². The highest BCUT2D eigenvalue weighted by Gasteiger charge is 2.50. The Morgan fingerprint density at radius 2 is 1.90 bits per heavy atom. The van der Waals surface area contributed by atoms with E-state index in [1.807, 2.05) is 32.9 Å². The molecule has 0 radical (unpaired) electrons. The number of nitrogens with one attached hydrogen (secondary N) is 1. The second-order valence-electron chi connectivity index (χ2n) is 11.3. The highest BCUT2D eigenvalue weighted by molar-refractivity contribution is 5.80. The molecule has 2 saturated heterocycles. The maximum atomic E-state index is 12.4. The number of ether oxygens (including phenoxy) is 3. The average molecular weight is 539 g/mol. The monoisotopic (exact) mass is 538 g/mol. The van der Waals surface area contributed by atoms with E-state index < -0.39 is 5.60 Å². The Hall–Kier alpha value is -3.54. The van der Waals surface area contributed by atoms with Gasteiger partial charge in [0, 0.05) is 12.3 Å². The number of fused-ring (bicyclic) bond motifs is 4. The van der Waals surface area contributed by atoms with Crippen molar-refractivity contribution in [2.24, 2.45) is 0 Å². The van der Waals surface area contributed by atoms with Gasteiger partial charge in [-0.3, -0.25) is 4.98 Å². The first-order valence-electron chi connectivity index (χ1n) is 13.5. The number of carbonyl (C=O) groups is 1. The Bertz CT molecular complexity index is 1200. The maximum Gasteiger partial charge on any atom is 0.408 e. The SMILES string of the molecule is CCCCCOc1ccc2ncc(C#N)c(CCC34CCC(NC(=O)OC(C)(C)C)(CC3)CO4)c2n1.O=C=O. The summed E-state index contributed by atoms with van der Waals surface area (Å²) >= 11 is 0. The number of rotatable bonds is 9. The van der Waals surface area contributed by atoms with E-state index in [-0.39, 0.29) is 23.4 Å². The molecule has 1 amide bonds. The molecule has 1 saturated carbocycles. The van der Waals surface area contributed by atoms with Crippen LogP contribution in [-0.2, 0) is 25.5 Å². The first-order chi connectivity index (χ1) is 18.6. The van der Waals surface area contributed by atoms with Gasteiger partial charge >= 0.3 is 12.2 Å². The van der Waals surface area contributed by atoms with Gasteiger partial charge in [-0.2, -0.15) is 14.9 Å². The van der Waals surface area contributed by atoms with E-state index in [1.165, 1.54) is 0 Å². The summed E-state index contributed by atoms with van der Waals surface area (Å²) in [5.41, 5.74) is 1.78. The fraction of sp³-hybridized carbons (Fsp3) is 0.621. The van der Waals surface area contributed by atoms with Crippen molar-refractivity contribution in [2.45, 2.75) is 102 Å². The number of unbranched alkanes of at least 4 members (excludes halogenated alkanes) is 2. The molecule has 0 atom stereocenters. The van der Waals surface area contributed by atoms with Gasteiger partial charge in [-0.15, -0.1) is 0 Å². The zero-order valence-electron chi connectivity index (χ0n) is 23.3. The Morgan fingerprint density at radius 3 is 2.49 bits per heavy atom. The number of carbonyl (C=O) groups excluding carboxylic acids is 3. The summed E-state index contributed by atoms with van der Waals surface area (Å²) in [6.07, 6.45) is 9.60. The Balaban J connectivity index is 0.00000134. The normalized spacial score (nSPS) is 21.7. The summed E-state index contributed by atoms with van der Waals surface area (Å²) < 4.78 is 17.7. The van der Waals surface area contributed by atoms with E-state index in [1.54, 1.807) is 6.20 Å². The standard InChI is InChI=1S/C28H38N4O4.CO2/c1-5-6-7-16-34-23-9-8-22-24(31-23)21(20(17-29)18-30-22)10-11-28-14-12-27(13-15-28,19-35-28)32-25(33)36-26(2,3)4;2-1-3/h8-9,18H,5-7,10-16,19H2,1-4H3,(H,32,33);. The Morgan fingerprint density at radius 1 is 1.18 bits per heavy atom. The zero-order chi connectivity index (χ0) is 28.5. The molecular weight excluding hydrogens is 500 g/mol. The van der Waals surface area contributed by atoms with Gasteiger partial charge in [0.1, 0.15) is 11.7 Å². The lowest BCUT2D eigenvalue weighted by atomic mass is 9.69. The summed E-state index contributed by atoms with van der Waals surface area (Å²) in [5, 5.41) is 12.9. The summed E-state index contributed by atoms with van der Waals surface area (Å²) in [6, 6.07) is 6.05. The smallest absolute Gasteiger partial charge is 0.408 e. The van der Waals surface area contributed by atoms with Crippen LogP contribution in [0, 0.1) is 11.3 Å². The minimum absolute atomic E-state index is 0.250. The van der Waals surface area contributed by atoms with Crippen LogP contribution in [0.1, 0.15) is 90.2 Å². The molecule has 2 aromatic rings. The number of nitrogens with zero attached hydrogens (tertiary/aromatic N) is 3. The van der Waals surface area contributed by atoms with E-state index in [0.717, 1.165) is 68.0 Å². The van der Waals surface area contributed by atoms with E-state index in [4.69, 9.17) is 28.8 Å². The molecule has 39 heavy (non-hydrogen) atoms. The summed E-state index contributed by atoms with van der Waals surface area (Å²) in [5.74, 6) is 0.569. The summed E-state index contributed by atoms with van der Waals surface area (Å²) in [7, 11) is 0. The highest BCUT2D eigenvalue weighted by atomic mass is 16.6. The average Bonchev–Trinajstić information content (AvgIpc) is 2.90. The van der Waals surface area contributed by atoms with Crippen LogP contribution in [0.2, 0.25) is 0 Å². The Kier molecular flexibility index (Phi) is 10.0. The van der Waals surface area contributed by atoms with Gasteiger partial charge in [0.25, 0.3) is 0 Å². The lowest BCUT2D eigenvalue weighted by Crippen LogP contribution is -2.63. The second-order valence-corrected chi connectivity index (χ2v) is 11.3. The molecule has 5 rings (SSSR count). The van der Waals surface area contributed by atoms with Crippen molar-refractivity contribution in [1.29, 1.82) is 5.26 Å². The van der Waals surface area contributed by atoms with Crippen molar-refractivity contribution in [2.75, 3.05) is 13.2 Å². The molecule has 2 aromatic heterocycles. The quantitative estimate of drug-likeness (QED) is 0.435. The predicted octanol–water partition coefficient (Wildman–Crippen LogP) is 5.03. The summed E-state index contributed by atoms with van der Waals surface area (Å²) in [4.78, 5) is 37.8. The first-order valence-corrected chi connectivity index (χ1v) is 13.5. The maximum absolute atomic E-state index is 12.4. The zero-order valence-corrected chi connectivity index (χ0v) is 23.3. The van der Waals surface area contributed by atoms with Crippen LogP contribution >= 0.6 is 0 Å². The third-order valence-corrected chi connectivity index (χ3v) is 7.28. The van der Waals surface area contributed by atoms with Crippen molar-refractivity contribution in [1.82, 2.24) is 15.3 Å². The topological polar surface area (TPSA) is 140 Å². The molecule has 3 fully saturated rings. The van der Waals surface area contributed by atoms with E-state index >= 15 is 0 Å². The minimum atomic E-state index is -0.533. The molecule has 4 heterocycles. The molecule has 1 aliphatic carbocycles. The van der Waals surface area contributed by atoms with Crippen LogP contribution in [0.3, 0.4) is 0 Å². The molecule has 210 valence electrons. The molecule has 0 aromatic carbocycles. The molecule has 10 heteroatoms. The lowest BCUT2D eigenvalue weighted by molar-refractivity contribution is -0.191. The fourth-order valence-electron chi connectivity index (χ4n) is 5.18. The van der Waals surface area contributed by atoms with Crippen LogP contribution in [-0.4, -0.2) is 52.2 Å². The molecule has 0 unspecified atom stereocenters. The second kappa shape index (κ2) is 13.0. The lowest BCUT2D eigenvalue weighted by Gasteiger charge is -2.53. The van der Waals surface area contributed by atoms with E-state index in [0.29, 0.717) is 31.1 Å². The predicted molar refractivity (Wildman–Crippen MR) is 142 cm³/mol. The van der Waals surface area contributed by atoms with Crippen LogP contribution < -0.4 is 10.1 Å². The van der Waals surface area contributed by atoms with Crippen molar-refractivity contribution in [3.8, 4) is 11.9 Å². The molecule has 10 nitrogen and oxygen atoms in total. The van der Waals surface area contributed by atoms with Gasteiger partial charge in [-0.25, -0.2) is 9.78 Å². The van der Waals surface area contributed by atoms with Gasteiger partial charge < -0.3 is 19.5 Å². The van der Waals surface area contributed by atoms with Gasteiger partial charge in [0.15, 0.2) is 0 Å². The minimum Gasteiger partial charge on any atom is -0.478 e. The van der Waals surface area contributed by atoms with Gasteiger partial charge in [-0.05, 0) is 77.3 Å². The molecular formula is C29H38N4O6. The number of alkyl carbamates (subject to hydrolysis) is 1. The van der Waals surface area contributed by atoms with Gasteiger partial charge in [-0.1, -0.05) is 19.8 Å². The van der Waals surface area contributed by atoms with Crippen LogP contribution in [0.4, 0.5) is 4.79 Å². The van der Waals surface area contributed by atoms with Crippen LogP contribution in [0.15, 0.2) is 18.3 Å².